The Kier molecular flexibility index (Phi) is 5.52. The first-order chi connectivity index (χ1) is 13.6. The summed E-state index contributed by atoms with van der Waals surface area (Å²) >= 11 is 0. The summed E-state index contributed by atoms with van der Waals surface area (Å²) in [6.07, 6.45) is 0. The number of aromatic hydroxyl groups is 1. The summed E-state index contributed by atoms with van der Waals surface area (Å²) in [5, 5.41) is 10.1. The summed E-state index contributed by atoms with van der Waals surface area (Å²) in [5.74, 6) is 0.602. The summed E-state index contributed by atoms with van der Waals surface area (Å²) in [7, 11) is 0. The van der Waals surface area contributed by atoms with Crippen LogP contribution in [0.2, 0.25) is 0 Å². The third kappa shape index (κ3) is 4.04. The number of esters is 1. The number of aryl methyl sites for hydroxylation is 4. The van der Waals surface area contributed by atoms with E-state index in [1.807, 2.05) is 58.0 Å². The molecule has 0 aliphatic rings. The minimum Gasteiger partial charge on any atom is -0.507 e. The zero-order chi connectivity index (χ0) is 21.3. The van der Waals surface area contributed by atoms with Crippen LogP contribution < -0.4 is 4.74 Å². The van der Waals surface area contributed by atoms with Crippen LogP contribution in [0.25, 0.3) is 0 Å². The molecule has 0 saturated heterocycles. The average molecular weight is 389 g/mol. The van der Waals surface area contributed by atoms with Crippen molar-refractivity contribution in [1.29, 1.82) is 0 Å². The molecule has 0 bridgehead atoms. The van der Waals surface area contributed by atoms with Crippen molar-refractivity contribution >= 4 is 5.97 Å². The van der Waals surface area contributed by atoms with Crippen molar-refractivity contribution in [2.75, 3.05) is 0 Å². The minimum absolute atomic E-state index is 0.263. The third-order valence-electron chi connectivity index (χ3n) is 5.60. The van der Waals surface area contributed by atoms with Gasteiger partial charge in [0.15, 0.2) is 0 Å². The molecule has 3 aromatic carbocycles. The lowest BCUT2D eigenvalue weighted by atomic mass is 9.76. The molecule has 0 aromatic heterocycles. The van der Waals surface area contributed by atoms with Crippen LogP contribution in [0, 0.1) is 27.7 Å². The van der Waals surface area contributed by atoms with Crippen molar-refractivity contribution in [2.45, 2.75) is 47.0 Å². The Hall–Kier alpha value is -3.07. The van der Waals surface area contributed by atoms with Gasteiger partial charge < -0.3 is 9.84 Å². The van der Waals surface area contributed by atoms with E-state index in [4.69, 9.17) is 4.74 Å². The van der Waals surface area contributed by atoms with E-state index in [1.54, 1.807) is 12.1 Å². The molecule has 0 fully saturated rings. The third-order valence-corrected chi connectivity index (χ3v) is 5.60. The second-order valence-corrected chi connectivity index (χ2v) is 8.28. The van der Waals surface area contributed by atoms with Crippen molar-refractivity contribution in [3.05, 3.63) is 93.5 Å². The fraction of sp³-hybridized carbons (Fsp3) is 0.269. The number of carbonyl (C=O) groups is 1. The predicted octanol–water partition coefficient (Wildman–Crippen LogP) is 6.17. The molecule has 0 atom stereocenters. The highest BCUT2D eigenvalue weighted by Crippen LogP contribution is 2.38. The zero-order valence-corrected chi connectivity index (χ0v) is 18.0. The molecule has 29 heavy (non-hydrogen) atoms. The highest BCUT2D eigenvalue weighted by molar-refractivity contribution is 5.91. The Bertz CT molecular complexity index is 1020. The fourth-order valence-corrected chi connectivity index (χ4v) is 3.68. The second kappa shape index (κ2) is 7.75. The number of phenols is 1. The predicted molar refractivity (Wildman–Crippen MR) is 117 cm³/mol. The Morgan fingerprint density at radius 3 is 1.72 bits per heavy atom. The van der Waals surface area contributed by atoms with Crippen molar-refractivity contribution < 1.29 is 14.6 Å². The van der Waals surface area contributed by atoms with E-state index < -0.39 is 0 Å². The maximum atomic E-state index is 12.5. The number of rotatable bonds is 4. The van der Waals surface area contributed by atoms with Gasteiger partial charge in [-0.3, -0.25) is 0 Å². The lowest BCUT2D eigenvalue weighted by molar-refractivity contribution is 0.0732. The van der Waals surface area contributed by atoms with Gasteiger partial charge in [-0.1, -0.05) is 56.3 Å². The molecule has 3 heteroatoms. The lowest BCUT2D eigenvalue weighted by Crippen LogP contribution is -2.20. The number of benzene rings is 3. The average Bonchev–Trinajstić information content (AvgIpc) is 2.68. The van der Waals surface area contributed by atoms with Crippen molar-refractivity contribution in [2.24, 2.45) is 0 Å². The lowest BCUT2D eigenvalue weighted by Gasteiger charge is -2.29. The molecule has 150 valence electrons. The van der Waals surface area contributed by atoms with E-state index >= 15 is 0 Å². The molecular formula is C26H28O3. The number of phenolic OH excluding ortho intramolecular Hbond substituents is 1. The van der Waals surface area contributed by atoms with E-state index in [-0.39, 0.29) is 11.4 Å². The maximum absolute atomic E-state index is 12.5. The summed E-state index contributed by atoms with van der Waals surface area (Å²) in [6, 6.07) is 17.3. The van der Waals surface area contributed by atoms with Crippen LogP contribution in [0.15, 0.2) is 54.6 Å². The second-order valence-electron chi connectivity index (χ2n) is 8.28. The van der Waals surface area contributed by atoms with E-state index in [9.17, 15) is 9.90 Å². The molecule has 0 aliphatic heterocycles. The van der Waals surface area contributed by atoms with Gasteiger partial charge in [0.2, 0.25) is 0 Å². The minimum atomic E-state index is -0.353. The van der Waals surface area contributed by atoms with E-state index in [1.165, 1.54) is 0 Å². The standard InChI is InChI=1S/C26H28O3/c1-16-12-21(13-17(2)23(16)27)26(5,6)22-14-18(3)24(19(4)15-22)29-25(28)20-10-8-7-9-11-20/h7-15,27H,1-6H3. The van der Waals surface area contributed by atoms with Gasteiger partial charge in [0, 0.05) is 5.41 Å². The van der Waals surface area contributed by atoms with Gasteiger partial charge in [-0.25, -0.2) is 4.79 Å². The molecule has 0 saturated carbocycles. The van der Waals surface area contributed by atoms with Gasteiger partial charge in [-0.2, -0.15) is 0 Å². The smallest absolute Gasteiger partial charge is 0.343 e. The largest absolute Gasteiger partial charge is 0.507 e. The Balaban J connectivity index is 1.97. The van der Waals surface area contributed by atoms with Crippen LogP contribution >= 0.6 is 0 Å². The van der Waals surface area contributed by atoms with Crippen molar-refractivity contribution in [3.63, 3.8) is 0 Å². The first-order valence-electron chi connectivity index (χ1n) is 9.81. The molecule has 0 spiro atoms. The molecule has 1 N–H and O–H groups in total. The first kappa shape index (κ1) is 20.7. The number of carbonyl (C=O) groups excluding carboxylic acids is 1. The van der Waals surface area contributed by atoms with Crippen LogP contribution in [0.3, 0.4) is 0 Å². The van der Waals surface area contributed by atoms with Crippen LogP contribution in [0.1, 0.15) is 57.6 Å². The maximum Gasteiger partial charge on any atom is 0.343 e. The van der Waals surface area contributed by atoms with Crippen LogP contribution in [0.4, 0.5) is 0 Å². The van der Waals surface area contributed by atoms with Crippen molar-refractivity contribution in [1.82, 2.24) is 0 Å². The fourth-order valence-electron chi connectivity index (χ4n) is 3.68. The molecule has 0 unspecified atom stereocenters. The van der Waals surface area contributed by atoms with E-state index in [2.05, 4.69) is 26.0 Å². The van der Waals surface area contributed by atoms with Gasteiger partial charge in [0.1, 0.15) is 11.5 Å². The van der Waals surface area contributed by atoms with E-state index in [0.717, 1.165) is 33.4 Å². The molecule has 0 aliphatic carbocycles. The van der Waals surface area contributed by atoms with Crippen LogP contribution in [-0.2, 0) is 5.41 Å². The molecule has 0 radical (unpaired) electrons. The van der Waals surface area contributed by atoms with Gasteiger partial charge >= 0.3 is 5.97 Å². The van der Waals surface area contributed by atoms with Crippen LogP contribution in [0.5, 0.6) is 11.5 Å². The highest BCUT2D eigenvalue weighted by Gasteiger charge is 2.26. The monoisotopic (exact) mass is 388 g/mol. The zero-order valence-electron chi connectivity index (χ0n) is 18.0. The number of ether oxygens (including phenoxy) is 1. The molecule has 3 nitrogen and oxygen atoms in total. The first-order valence-corrected chi connectivity index (χ1v) is 9.81. The number of hydrogen-bond donors (Lipinski definition) is 1. The van der Waals surface area contributed by atoms with Gasteiger partial charge in [0.25, 0.3) is 0 Å². The summed E-state index contributed by atoms with van der Waals surface area (Å²) in [5.41, 5.74) is 6.13. The Morgan fingerprint density at radius 1 is 0.793 bits per heavy atom. The molecule has 3 rings (SSSR count). The Morgan fingerprint density at radius 2 is 1.24 bits per heavy atom. The molecule has 0 heterocycles. The van der Waals surface area contributed by atoms with E-state index in [0.29, 0.717) is 17.1 Å². The quantitative estimate of drug-likeness (QED) is 0.429. The van der Waals surface area contributed by atoms with Gasteiger partial charge in [-0.05, 0) is 73.2 Å². The normalized spacial score (nSPS) is 11.4. The number of hydrogen-bond acceptors (Lipinski definition) is 3. The van der Waals surface area contributed by atoms with Gasteiger partial charge in [-0.15, -0.1) is 0 Å². The molecule has 0 amide bonds. The van der Waals surface area contributed by atoms with Crippen molar-refractivity contribution in [3.8, 4) is 11.5 Å². The van der Waals surface area contributed by atoms with Crippen LogP contribution in [-0.4, -0.2) is 11.1 Å². The van der Waals surface area contributed by atoms with Gasteiger partial charge in [0.05, 0.1) is 5.56 Å². The molecule has 3 aromatic rings. The Labute approximate surface area is 173 Å². The summed E-state index contributed by atoms with van der Waals surface area (Å²) in [6.45, 7) is 12.1. The summed E-state index contributed by atoms with van der Waals surface area (Å²) < 4.78 is 5.72. The topological polar surface area (TPSA) is 46.5 Å². The SMILES string of the molecule is Cc1cc(C(C)(C)c2cc(C)c(OC(=O)c3ccccc3)c(C)c2)cc(C)c1O. The molecular weight excluding hydrogens is 360 g/mol. The summed E-state index contributed by atoms with van der Waals surface area (Å²) in [4.78, 5) is 12.5. The highest BCUT2D eigenvalue weighted by atomic mass is 16.5.